The Kier molecular flexibility index (Phi) is 4.69. The number of nitrogens with one attached hydrogen (secondary N) is 1. The lowest BCUT2D eigenvalue weighted by atomic mass is 10.0. The molecule has 1 aromatic carbocycles. The summed E-state index contributed by atoms with van der Waals surface area (Å²) in [6, 6.07) is 6.37. The van der Waals surface area contributed by atoms with Gasteiger partial charge in [0.1, 0.15) is 6.17 Å². The van der Waals surface area contributed by atoms with Crippen LogP contribution in [-0.2, 0) is 9.53 Å². The predicted octanol–water partition coefficient (Wildman–Crippen LogP) is 2.55. The van der Waals surface area contributed by atoms with Gasteiger partial charge in [0, 0.05) is 6.61 Å². The van der Waals surface area contributed by atoms with Crippen molar-refractivity contribution in [3.63, 3.8) is 0 Å². The molecule has 0 aliphatic carbocycles. The average Bonchev–Trinajstić information content (AvgIpc) is 2.73. The lowest BCUT2D eigenvalue weighted by Gasteiger charge is -2.34. The molecule has 1 aliphatic heterocycles. The zero-order valence-corrected chi connectivity index (χ0v) is 13.7. The van der Waals surface area contributed by atoms with E-state index in [9.17, 15) is 4.79 Å². The van der Waals surface area contributed by atoms with Gasteiger partial charge in [0.25, 0.3) is 0 Å². The summed E-state index contributed by atoms with van der Waals surface area (Å²) in [5.41, 5.74) is 3.24. The summed E-state index contributed by atoms with van der Waals surface area (Å²) in [5.74, 6) is 0.133. The Bertz CT molecular complexity index is 526. The highest BCUT2D eigenvalue weighted by molar-refractivity contribution is 5.81. The number of hydrogen-bond acceptors (Lipinski definition) is 3. The third-order valence-electron chi connectivity index (χ3n) is 3.89. The van der Waals surface area contributed by atoms with Crippen LogP contribution < -0.4 is 5.32 Å². The van der Waals surface area contributed by atoms with Crippen molar-refractivity contribution in [2.75, 3.05) is 19.7 Å². The van der Waals surface area contributed by atoms with Gasteiger partial charge in [0.05, 0.1) is 18.7 Å². The van der Waals surface area contributed by atoms with Crippen molar-refractivity contribution < 1.29 is 9.53 Å². The molecule has 116 valence electrons. The molecular weight excluding hydrogens is 264 g/mol. The second kappa shape index (κ2) is 6.16. The van der Waals surface area contributed by atoms with Crippen molar-refractivity contribution in [2.45, 2.75) is 46.4 Å². The van der Waals surface area contributed by atoms with Crippen molar-refractivity contribution in [3.05, 3.63) is 34.9 Å². The highest BCUT2D eigenvalue weighted by atomic mass is 16.5. The van der Waals surface area contributed by atoms with E-state index in [1.807, 2.05) is 25.7 Å². The van der Waals surface area contributed by atoms with Crippen LogP contribution in [0.1, 0.15) is 43.6 Å². The Labute approximate surface area is 127 Å². The standard InChI is InChI=1S/C17H26N2O2/c1-6-21-17(4,5)11-19-15(20)10-18-16(19)14-9-12(2)7-8-13(14)3/h7-9,16,18H,6,10-11H2,1-5H3. The van der Waals surface area contributed by atoms with Crippen LogP contribution in [0.15, 0.2) is 18.2 Å². The van der Waals surface area contributed by atoms with Gasteiger partial charge in [-0.25, -0.2) is 0 Å². The van der Waals surface area contributed by atoms with E-state index in [1.54, 1.807) is 0 Å². The Morgan fingerprint density at radius 1 is 1.38 bits per heavy atom. The topological polar surface area (TPSA) is 41.6 Å². The fourth-order valence-corrected chi connectivity index (χ4v) is 2.90. The lowest BCUT2D eigenvalue weighted by Crippen LogP contribution is -2.43. The summed E-state index contributed by atoms with van der Waals surface area (Å²) in [7, 11) is 0. The largest absolute Gasteiger partial charge is 0.374 e. The maximum absolute atomic E-state index is 12.2. The first kappa shape index (κ1) is 16.0. The van der Waals surface area contributed by atoms with Crippen LogP contribution in [0.25, 0.3) is 0 Å². The van der Waals surface area contributed by atoms with Gasteiger partial charge >= 0.3 is 0 Å². The molecule has 1 N–H and O–H groups in total. The van der Waals surface area contributed by atoms with E-state index in [0.29, 0.717) is 19.7 Å². The second-order valence-corrected chi connectivity index (χ2v) is 6.36. The SMILES string of the molecule is CCOC(C)(C)CN1C(=O)CNC1c1cc(C)ccc1C. The summed E-state index contributed by atoms with van der Waals surface area (Å²) in [5, 5.41) is 3.33. The first-order valence-electron chi connectivity index (χ1n) is 7.58. The summed E-state index contributed by atoms with van der Waals surface area (Å²) >= 11 is 0. The van der Waals surface area contributed by atoms with Gasteiger partial charge in [-0.15, -0.1) is 0 Å². The molecule has 0 bridgehead atoms. The molecule has 1 aromatic rings. The maximum Gasteiger partial charge on any atom is 0.238 e. The van der Waals surface area contributed by atoms with Gasteiger partial charge in [0.2, 0.25) is 5.91 Å². The molecular formula is C17H26N2O2. The van der Waals surface area contributed by atoms with E-state index in [-0.39, 0.29) is 17.7 Å². The van der Waals surface area contributed by atoms with E-state index in [2.05, 4.69) is 37.4 Å². The van der Waals surface area contributed by atoms with Gasteiger partial charge in [0.15, 0.2) is 0 Å². The second-order valence-electron chi connectivity index (χ2n) is 6.36. The molecule has 1 heterocycles. The summed E-state index contributed by atoms with van der Waals surface area (Å²) in [6.07, 6.45) is -0.0582. The number of carbonyl (C=O) groups is 1. The highest BCUT2D eigenvalue weighted by Gasteiger charge is 2.36. The van der Waals surface area contributed by atoms with Crippen LogP contribution in [0, 0.1) is 13.8 Å². The average molecular weight is 290 g/mol. The number of amides is 1. The monoisotopic (exact) mass is 290 g/mol. The molecule has 1 unspecified atom stereocenters. The van der Waals surface area contributed by atoms with Gasteiger partial charge in [-0.1, -0.05) is 23.8 Å². The summed E-state index contributed by atoms with van der Waals surface area (Å²) < 4.78 is 5.76. The van der Waals surface area contributed by atoms with E-state index in [4.69, 9.17) is 4.74 Å². The minimum absolute atomic E-state index is 0.0582. The first-order chi connectivity index (χ1) is 9.84. The molecule has 0 radical (unpaired) electrons. The van der Waals surface area contributed by atoms with Crippen LogP contribution in [0.4, 0.5) is 0 Å². The Balaban J connectivity index is 2.26. The molecule has 0 spiro atoms. The Morgan fingerprint density at radius 3 is 2.76 bits per heavy atom. The maximum atomic E-state index is 12.2. The number of hydrogen-bond donors (Lipinski definition) is 1. The highest BCUT2D eigenvalue weighted by Crippen LogP contribution is 2.28. The van der Waals surface area contributed by atoms with Crippen molar-refractivity contribution in [2.24, 2.45) is 0 Å². The van der Waals surface area contributed by atoms with Crippen molar-refractivity contribution in [1.82, 2.24) is 10.2 Å². The molecule has 0 saturated carbocycles. The smallest absolute Gasteiger partial charge is 0.238 e. The molecule has 4 heteroatoms. The number of benzene rings is 1. The molecule has 1 fully saturated rings. The predicted molar refractivity (Wildman–Crippen MR) is 84.1 cm³/mol. The van der Waals surface area contributed by atoms with Crippen LogP contribution in [0.5, 0.6) is 0 Å². The molecule has 1 amide bonds. The number of ether oxygens (including phenoxy) is 1. The zero-order valence-electron chi connectivity index (χ0n) is 13.7. The van der Waals surface area contributed by atoms with E-state index in [0.717, 1.165) is 0 Å². The fourth-order valence-electron chi connectivity index (χ4n) is 2.90. The van der Waals surface area contributed by atoms with Gasteiger partial charge in [-0.3, -0.25) is 10.1 Å². The lowest BCUT2D eigenvalue weighted by molar-refractivity contribution is -0.132. The zero-order chi connectivity index (χ0) is 15.6. The van der Waals surface area contributed by atoms with Crippen molar-refractivity contribution in [3.8, 4) is 0 Å². The molecule has 0 aromatic heterocycles. The number of aryl methyl sites for hydroxylation is 2. The molecule has 1 atom stereocenters. The van der Waals surface area contributed by atoms with Crippen molar-refractivity contribution in [1.29, 1.82) is 0 Å². The Morgan fingerprint density at radius 2 is 2.10 bits per heavy atom. The molecule has 1 saturated heterocycles. The van der Waals surface area contributed by atoms with Gasteiger partial charge in [-0.2, -0.15) is 0 Å². The van der Waals surface area contributed by atoms with E-state index in [1.165, 1.54) is 16.7 Å². The number of rotatable bonds is 5. The molecule has 21 heavy (non-hydrogen) atoms. The number of nitrogens with zero attached hydrogens (tertiary/aromatic N) is 1. The molecule has 2 rings (SSSR count). The quantitative estimate of drug-likeness (QED) is 0.906. The van der Waals surface area contributed by atoms with E-state index >= 15 is 0 Å². The fraction of sp³-hybridized carbons (Fsp3) is 0.588. The summed E-state index contributed by atoms with van der Waals surface area (Å²) in [4.78, 5) is 14.1. The van der Waals surface area contributed by atoms with Crippen LogP contribution in [0.3, 0.4) is 0 Å². The molecule has 1 aliphatic rings. The van der Waals surface area contributed by atoms with Crippen LogP contribution in [-0.4, -0.2) is 36.1 Å². The third-order valence-corrected chi connectivity index (χ3v) is 3.89. The normalized spacial score (nSPS) is 19.4. The third kappa shape index (κ3) is 3.63. The van der Waals surface area contributed by atoms with Gasteiger partial charge < -0.3 is 9.64 Å². The van der Waals surface area contributed by atoms with Crippen LogP contribution in [0.2, 0.25) is 0 Å². The van der Waals surface area contributed by atoms with Gasteiger partial charge in [-0.05, 0) is 45.7 Å². The Hall–Kier alpha value is -1.39. The summed E-state index contributed by atoms with van der Waals surface area (Å²) in [6.45, 7) is 11.8. The first-order valence-corrected chi connectivity index (χ1v) is 7.58. The molecule has 4 nitrogen and oxygen atoms in total. The van der Waals surface area contributed by atoms with Crippen molar-refractivity contribution >= 4 is 5.91 Å². The van der Waals surface area contributed by atoms with Crippen LogP contribution >= 0.6 is 0 Å². The minimum Gasteiger partial charge on any atom is -0.374 e. The van der Waals surface area contributed by atoms with E-state index < -0.39 is 0 Å². The minimum atomic E-state index is -0.341. The number of carbonyl (C=O) groups excluding carboxylic acids is 1.